The van der Waals surface area contributed by atoms with E-state index in [1.165, 1.54) is 24.1 Å². The van der Waals surface area contributed by atoms with E-state index in [-0.39, 0.29) is 17.1 Å². The number of halogens is 1. The number of amides is 1. The molecule has 162 valence electrons. The first-order valence-corrected chi connectivity index (χ1v) is 10.6. The summed E-state index contributed by atoms with van der Waals surface area (Å²) in [7, 11) is 1.48. The van der Waals surface area contributed by atoms with E-state index < -0.39 is 17.7 Å². The summed E-state index contributed by atoms with van der Waals surface area (Å²) in [5.74, 6) is -1.38. The Balaban J connectivity index is 1.98. The number of aromatic hydroxyl groups is 1. The van der Waals surface area contributed by atoms with Crippen molar-refractivity contribution in [3.63, 3.8) is 0 Å². The van der Waals surface area contributed by atoms with Gasteiger partial charge in [-0.05, 0) is 54.4 Å². The summed E-state index contributed by atoms with van der Waals surface area (Å²) < 4.78 is 6.28. The molecule has 0 radical (unpaired) electrons. The molecule has 6 nitrogen and oxygen atoms in total. The molecule has 7 heteroatoms. The lowest BCUT2D eigenvalue weighted by Gasteiger charge is -2.26. The van der Waals surface area contributed by atoms with Crippen molar-refractivity contribution in [3.8, 4) is 11.5 Å². The van der Waals surface area contributed by atoms with Gasteiger partial charge in [-0.3, -0.25) is 14.5 Å². The zero-order valence-electron chi connectivity index (χ0n) is 17.4. The summed E-state index contributed by atoms with van der Waals surface area (Å²) in [5.41, 5.74) is 2.22. The summed E-state index contributed by atoms with van der Waals surface area (Å²) in [4.78, 5) is 27.7. The third kappa shape index (κ3) is 3.65. The van der Waals surface area contributed by atoms with Gasteiger partial charge in [-0.15, -0.1) is 0 Å². The Kier molecular flexibility index (Phi) is 5.76. The number of phenols is 1. The van der Waals surface area contributed by atoms with Crippen LogP contribution >= 0.6 is 15.9 Å². The highest BCUT2D eigenvalue weighted by atomic mass is 79.9. The van der Waals surface area contributed by atoms with Crippen LogP contribution in [0.3, 0.4) is 0 Å². The van der Waals surface area contributed by atoms with Gasteiger partial charge in [0, 0.05) is 10.0 Å². The number of aliphatic hydroxyl groups is 1. The van der Waals surface area contributed by atoms with Gasteiger partial charge in [0.2, 0.25) is 0 Å². The Hall–Kier alpha value is -3.58. The third-order valence-corrected chi connectivity index (χ3v) is 6.32. The Labute approximate surface area is 193 Å². The number of aliphatic hydroxyl groups excluding tert-OH is 1. The molecular weight excluding hydrogens is 474 g/mol. The van der Waals surface area contributed by atoms with Crippen LogP contribution in [0.25, 0.3) is 5.76 Å². The highest BCUT2D eigenvalue weighted by molar-refractivity contribution is 9.10. The number of aryl methyl sites for hydroxylation is 1. The van der Waals surface area contributed by atoms with Crippen LogP contribution in [0.2, 0.25) is 0 Å². The fourth-order valence-corrected chi connectivity index (χ4v) is 4.08. The number of carbonyl (C=O) groups excluding carboxylic acids is 2. The molecule has 1 atom stereocenters. The molecule has 3 aromatic carbocycles. The van der Waals surface area contributed by atoms with Crippen molar-refractivity contribution in [1.29, 1.82) is 0 Å². The lowest BCUT2D eigenvalue weighted by atomic mass is 9.94. The largest absolute Gasteiger partial charge is 0.508 e. The molecule has 0 bridgehead atoms. The van der Waals surface area contributed by atoms with Crippen LogP contribution < -0.4 is 9.64 Å². The average molecular weight is 494 g/mol. The number of hydrogen-bond donors (Lipinski definition) is 2. The van der Waals surface area contributed by atoms with Crippen molar-refractivity contribution < 1.29 is 24.5 Å². The monoisotopic (exact) mass is 493 g/mol. The smallest absolute Gasteiger partial charge is 0.300 e. The van der Waals surface area contributed by atoms with E-state index in [4.69, 9.17) is 4.74 Å². The van der Waals surface area contributed by atoms with Crippen LogP contribution in [0.1, 0.15) is 22.7 Å². The highest BCUT2D eigenvalue weighted by Crippen LogP contribution is 2.45. The minimum Gasteiger partial charge on any atom is -0.508 e. The maximum Gasteiger partial charge on any atom is 0.300 e. The number of benzene rings is 3. The average Bonchev–Trinajstić information content (AvgIpc) is 3.06. The Bertz CT molecular complexity index is 1250. The molecule has 1 fully saturated rings. The lowest BCUT2D eigenvalue weighted by molar-refractivity contribution is -0.132. The van der Waals surface area contributed by atoms with E-state index >= 15 is 0 Å². The molecule has 4 rings (SSSR count). The maximum absolute atomic E-state index is 13.2. The molecule has 1 saturated heterocycles. The van der Waals surface area contributed by atoms with Crippen molar-refractivity contribution >= 4 is 39.1 Å². The maximum atomic E-state index is 13.2. The van der Waals surface area contributed by atoms with Crippen molar-refractivity contribution in [2.45, 2.75) is 13.0 Å². The first kappa shape index (κ1) is 21.6. The molecule has 1 aliphatic heterocycles. The van der Waals surface area contributed by atoms with Crippen LogP contribution in [0, 0.1) is 6.92 Å². The summed E-state index contributed by atoms with van der Waals surface area (Å²) >= 11 is 3.43. The number of methoxy groups -OCH3 is 1. The van der Waals surface area contributed by atoms with E-state index in [0.717, 1.165) is 10.0 Å². The molecule has 1 amide bonds. The quantitative estimate of drug-likeness (QED) is 0.300. The van der Waals surface area contributed by atoms with E-state index in [9.17, 15) is 19.8 Å². The molecule has 1 aliphatic rings. The van der Waals surface area contributed by atoms with E-state index in [1.807, 2.05) is 6.92 Å². The van der Waals surface area contributed by atoms with Crippen molar-refractivity contribution in [3.05, 3.63) is 93.5 Å². The number of rotatable bonds is 4. The second kappa shape index (κ2) is 8.51. The number of nitrogens with zero attached hydrogens (tertiary/aromatic N) is 1. The van der Waals surface area contributed by atoms with Gasteiger partial charge in [0.1, 0.15) is 17.3 Å². The van der Waals surface area contributed by atoms with E-state index in [0.29, 0.717) is 22.6 Å². The molecule has 0 aliphatic carbocycles. The Morgan fingerprint density at radius 2 is 1.72 bits per heavy atom. The number of hydrogen-bond acceptors (Lipinski definition) is 5. The summed E-state index contributed by atoms with van der Waals surface area (Å²) in [6.07, 6.45) is 0. The zero-order valence-corrected chi connectivity index (χ0v) is 19.0. The molecule has 2 N–H and O–H groups in total. The fourth-order valence-electron chi connectivity index (χ4n) is 3.83. The summed E-state index contributed by atoms with van der Waals surface area (Å²) in [5, 5.41) is 20.9. The molecule has 1 unspecified atom stereocenters. The van der Waals surface area contributed by atoms with Crippen LogP contribution in [-0.2, 0) is 9.59 Å². The van der Waals surface area contributed by atoms with Crippen molar-refractivity contribution in [1.82, 2.24) is 0 Å². The van der Waals surface area contributed by atoms with Crippen LogP contribution in [-0.4, -0.2) is 29.0 Å². The second-order valence-corrected chi connectivity index (χ2v) is 8.25. The van der Waals surface area contributed by atoms with E-state index in [1.54, 1.807) is 54.6 Å². The first-order valence-electron chi connectivity index (χ1n) is 9.83. The first-order chi connectivity index (χ1) is 15.3. The topological polar surface area (TPSA) is 87.1 Å². The predicted octanol–water partition coefficient (Wildman–Crippen LogP) is 5.10. The molecular formula is C25H20BrNO5. The number of carbonyl (C=O) groups is 2. The van der Waals surface area contributed by atoms with Crippen molar-refractivity contribution in [2.24, 2.45) is 0 Å². The minimum absolute atomic E-state index is 0.0340. The Morgan fingerprint density at radius 3 is 2.38 bits per heavy atom. The number of ether oxygens (including phenoxy) is 1. The molecule has 32 heavy (non-hydrogen) atoms. The molecule has 3 aromatic rings. The predicted molar refractivity (Wildman–Crippen MR) is 125 cm³/mol. The number of para-hydroxylation sites is 2. The van der Waals surface area contributed by atoms with Gasteiger partial charge in [0.25, 0.3) is 11.7 Å². The third-order valence-electron chi connectivity index (χ3n) is 5.43. The van der Waals surface area contributed by atoms with Gasteiger partial charge < -0.3 is 14.9 Å². The van der Waals surface area contributed by atoms with Crippen molar-refractivity contribution in [2.75, 3.05) is 12.0 Å². The molecule has 0 saturated carbocycles. The van der Waals surface area contributed by atoms with Crippen LogP contribution in [0.15, 0.2) is 76.8 Å². The van der Waals surface area contributed by atoms with Crippen LogP contribution in [0.5, 0.6) is 11.5 Å². The molecule has 0 spiro atoms. The number of ketones is 1. The van der Waals surface area contributed by atoms with Gasteiger partial charge in [0.05, 0.1) is 24.4 Å². The minimum atomic E-state index is -0.907. The molecule has 1 heterocycles. The fraction of sp³-hybridized carbons (Fsp3) is 0.120. The SMILES string of the molecule is COc1ccccc1N1C(=O)C(=O)/C(=C(\O)c2ccc(Br)c(C)c2)C1c1ccc(O)cc1. The number of phenolic OH excluding ortho intramolecular Hbond substituents is 1. The lowest BCUT2D eigenvalue weighted by Crippen LogP contribution is -2.29. The Morgan fingerprint density at radius 1 is 1.03 bits per heavy atom. The van der Waals surface area contributed by atoms with Gasteiger partial charge >= 0.3 is 0 Å². The standard InChI is InChI=1S/C25H20BrNO5/c1-14-13-16(9-12-18(14)26)23(29)21-22(15-7-10-17(28)11-8-15)27(25(31)24(21)30)19-5-3-4-6-20(19)32-2/h3-13,22,28-29H,1-2H3/b23-21-. The normalized spacial score (nSPS) is 17.6. The second-order valence-electron chi connectivity index (χ2n) is 7.40. The van der Waals surface area contributed by atoms with E-state index in [2.05, 4.69) is 15.9 Å². The van der Waals surface area contributed by atoms with Gasteiger partial charge in [0.15, 0.2) is 0 Å². The zero-order chi connectivity index (χ0) is 23.0. The number of anilines is 1. The van der Waals surface area contributed by atoms with Gasteiger partial charge in [-0.25, -0.2) is 0 Å². The summed E-state index contributed by atoms with van der Waals surface area (Å²) in [6, 6.07) is 17.3. The highest BCUT2D eigenvalue weighted by Gasteiger charge is 2.47. The van der Waals surface area contributed by atoms with Crippen LogP contribution in [0.4, 0.5) is 5.69 Å². The molecule has 0 aromatic heterocycles. The summed E-state index contributed by atoms with van der Waals surface area (Å²) in [6.45, 7) is 1.87. The van der Waals surface area contributed by atoms with Gasteiger partial charge in [-0.1, -0.05) is 46.3 Å². The number of Topliss-reactive ketones (excluding diaryl/α,β-unsaturated/α-hetero) is 1. The van der Waals surface area contributed by atoms with Gasteiger partial charge in [-0.2, -0.15) is 0 Å².